The van der Waals surface area contributed by atoms with Crippen molar-refractivity contribution in [2.45, 2.75) is 6.54 Å². The standard InChI is InChI=1S/C11H14ClN3O/c1-16-5-4-13-6-10-8-15-7-9(12)2-3-11(15)14-10/h2-3,7-8,13H,4-6H2,1H3. The van der Waals surface area contributed by atoms with E-state index in [0.717, 1.165) is 24.4 Å². The normalized spacial score (nSPS) is 11.1. The summed E-state index contributed by atoms with van der Waals surface area (Å²) < 4.78 is 6.88. The third kappa shape index (κ3) is 2.72. The van der Waals surface area contributed by atoms with E-state index in [4.69, 9.17) is 16.3 Å². The summed E-state index contributed by atoms with van der Waals surface area (Å²) in [5.41, 5.74) is 1.91. The predicted molar refractivity (Wildman–Crippen MR) is 63.8 cm³/mol. The number of nitrogens with zero attached hydrogens (tertiary/aromatic N) is 2. The average molecular weight is 240 g/mol. The molecule has 2 heterocycles. The van der Waals surface area contributed by atoms with Crippen molar-refractivity contribution in [3.05, 3.63) is 35.2 Å². The Morgan fingerprint density at radius 1 is 1.44 bits per heavy atom. The van der Waals surface area contributed by atoms with Gasteiger partial charge in [-0.25, -0.2) is 4.98 Å². The van der Waals surface area contributed by atoms with Gasteiger partial charge < -0.3 is 14.5 Å². The largest absolute Gasteiger partial charge is 0.383 e. The minimum atomic E-state index is 0.708. The Labute approximate surface area is 99.2 Å². The lowest BCUT2D eigenvalue weighted by Crippen LogP contribution is -2.18. The third-order valence-corrected chi connectivity index (χ3v) is 2.48. The summed E-state index contributed by atoms with van der Waals surface area (Å²) in [6.45, 7) is 2.27. The zero-order valence-electron chi connectivity index (χ0n) is 9.11. The predicted octanol–water partition coefficient (Wildman–Crippen LogP) is 1.72. The highest BCUT2D eigenvalue weighted by atomic mass is 35.5. The minimum absolute atomic E-state index is 0.708. The topological polar surface area (TPSA) is 38.6 Å². The molecule has 0 bridgehead atoms. The van der Waals surface area contributed by atoms with Crippen LogP contribution in [0.3, 0.4) is 0 Å². The Balaban J connectivity index is 2.02. The number of fused-ring (bicyclic) bond motifs is 1. The first-order valence-electron chi connectivity index (χ1n) is 5.12. The van der Waals surface area contributed by atoms with E-state index in [0.29, 0.717) is 11.6 Å². The Hall–Kier alpha value is -1.10. The number of ether oxygens (including phenoxy) is 1. The smallest absolute Gasteiger partial charge is 0.137 e. The van der Waals surface area contributed by atoms with E-state index in [9.17, 15) is 0 Å². The van der Waals surface area contributed by atoms with Crippen LogP contribution in [0, 0.1) is 0 Å². The molecule has 0 saturated heterocycles. The fourth-order valence-electron chi connectivity index (χ4n) is 1.49. The molecule has 0 atom stereocenters. The van der Waals surface area contributed by atoms with Gasteiger partial charge in [-0.15, -0.1) is 0 Å². The molecule has 5 heteroatoms. The van der Waals surface area contributed by atoms with Gasteiger partial charge in [0, 0.05) is 32.6 Å². The number of pyridine rings is 1. The molecule has 0 fully saturated rings. The first kappa shape index (κ1) is 11.4. The second kappa shape index (κ2) is 5.30. The molecule has 4 nitrogen and oxygen atoms in total. The van der Waals surface area contributed by atoms with E-state index in [1.165, 1.54) is 0 Å². The lowest BCUT2D eigenvalue weighted by Gasteiger charge is -1.99. The quantitative estimate of drug-likeness (QED) is 0.808. The van der Waals surface area contributed by atoms with Crippen molar-refractivity contribution in [3.63, 3.8) is 0 Å². The first-order chi connectivity index (χ1) is 7.79. The number of imidazole rings is 1. The van der Waals surface area contributed by atoms with Gasteiger partial charge in [-0.2, -0.15) is 0 Å². The summed E-state index contributed by atoms with van der Waals surface area (Å²) in [5, 5.41) is 3.96. The number of halogens is 1. The molecule has 2 rings (SSSR count). The van der Waals surface area contributed by atoms with Crippen LogP contribution in [0.15, 0.2) is 24.5 Å². The van der Waals surface area contributed by atoms with Crippen molar-refractivity contribution in [2.24, 2.45) is 0 Å². The molecule has 0 unspecified atom stereocenters. The lowest BCUT2D eigenvalue weighted by molar-refractivity contribution is 0.199. The number of hydrogen-bond donors (Lipinski definition) is 1. The average Bonchev–Trinajstić information content (AvgIpc) is 2.66. The Morgan fingerprint density at radius 3 is 3.12 bits per heavy atom. The van der Waals surface area contributed by atoms with Gasteiger partial charge in [0.05, 0.1) is 17.3 Å². The number of rotatable bonds is 5. The number of hydrogen-bond acceptors (Lipinski definition) is 3. The zero-order valence-corrected chi connectivity index (χ0v) is 9.87. The molecule has 0 aliphatic rings. The van der Waals surface area contributed by atoms with E-state index >= 15 is 0 Å². The highest BCUT2D eigenvalue weighted by Gasteiger charge is 2.01. The molecule has 0 spiro atoms. The van der Waals surface area contributed by atoms with Crippen molar-refractivity contribution in [1.29, 1.82) is 0 Å². The zero-order chi connectivity index (χ0) is 11.4. The molecule has 16 heavy (non-hydrogen) atoms. The maximum Gasteiger partial charge on any atom is 0.137 e. The Morgan fingerprint density at radius 2 is 2.31 bits per heavy atom. The fourth-order valence-corrected chi connectivity index (χ4v) is 1.66. The second-order valence-corrected chi connectivity index (χ2v) is 3.95. The van der Waals surface area contributed by atoms with Crippen molar-refractivity contribution < 1.29 is 4.74 Å². The molecular weight excluding hydrogens is 226 g/mol. The number of nitrogens with one attached hydrogen (secondary N) is 1. The highest BCUT2D eigenvalue weighted by molar-refractivity contribution is 6.30. The van der Waals surface area contributed by atoms with Gasteiger partial charge in [-0.1, -0.05) is 11.6 Å². The monoisotopic (exact) mass is 239 g/mol. The van der Waals surface area contributed by atoms with Gasteiger partial charge in [0.1, 0.15) is 5.65 Å². The number of methoxy groups -OCH3 is 1. The molecule has 0 aliphatic heterocycles. The lowest BCUT2D eigenvalue weighted by atomic mass is 10.4. The van der Waals surface area contributed by atoms with E-state index < -0.39 is 0 Å². The SMILES string of the molecule is COCCNCc1cn2cc(Cl)ccc2n1. The van der Waals surface area contributed by atoms with Gasteiger partial charge in [0.25, 0.3) is 0 Å². The van der Waals surface area contributed by atoms with Crippen LogP contribution in [-0.4, -0.2) is 29.6 Å². The van der Waals surface area contributed by atoms with Crippen LogP contribution < -0.4 is 5.32 Å². The van der Waals surface area contributed by atoms with Gasteiger partial charge in [0.2, 0.25) is 0 Å². The van der Waals surface area contributed by atoms with Crippen molar-refractivity contribution in [2.75, 3.05) is 20.3 Å². The molecule has 86 valence electrons. The molecule has 0 aromatic carbocycles. The van der Waals surface area contributed by atoms with E-state index in [1.54, 1.807) is 7.11 Å². The van der Waals surface area contributed by atoms with Crippen LogP contribution in [0.4, 0.5) is 0 Å². The highest BCUT2D eigenvalue weighted by Crippen LogP contribution is 2.11. The van der Waals surface area contributed by atoms with Crippen LogP contribution in [0.25, 0.3) is 5.65 Å². The minimum Gasteiger partial charge on any atom is -0.383 e. The second-order valence-electron chi connectivity index (χ2n) is 3.51. The summed E-state index contributed by atoms with van der Waals surface area (Å²) in [5.74, 6) is 0. The maximum atomic E-state index is 5.89. The Bertz CT molecular complexity index is 469. The van der Waals surface area contributed by atoms with E-state index in [1.807, 2.05) is 28.9 Å². The van der Waals surface area contributed by atoms with E-state index in [-0.39, 0.29) is 0 Å². The molecule has 2 aromatic heterocycles. The molecule has 0 radical (unpaired) electrons. The van der Waals surface area contributed by atoms with Crippen LogP contribution in [0.2, 0.25) is 5.02 Å². The summed E-state index contributed by atoms with van der Waals surface area (Å²) in [6, 6.07) is 3.74. The maximum absolute atomic E-state index is 5.89. The van der Waals surface area contributed by atoms with Crippen molar-refractivity contribution >= 4 is 17.2 Å². The molecule has 2 aromatic rings. The molecular formula is C11H14ClN3O. The number of aromatic nitrogens is 2. The van der Waals surface area contributed by atoms with Gasteiger partial charge in [-0.3, -0.25) is 0 Å². The summed E-state index contributed by atoms with van der Waals surface area (Å²) in [6.07, 6.45) is 3.82. The van der Waals surface area contributed by atoms with Gasteiger partial charge >= 0.3 is 0 Å². The summed E-state index contributed by atoms with van der Waals surface area (Å²) in [4.78, 5) is 4.45. The summed E-state index contributed by atoms with van der Waals surface area (Å²) in [7, 11) is 1.69. The van der Waals surface area contributed by atoms with Gasteiger partial charge in [0.15, 0.2) is 0 Å². The van der Waals surface area contributed by atoms with E-state index in [2.05, 4.69) is 10.3 Å². The third-order valence-electron chi connectivity index (χ3n) is 2.25. The molecule has 0 amide bonds. The Kier molecular flexibility index (Phi) is 3.77. The summed E-state index contributed by atoms with van der Waals surface area (Å²) >= 11 is 5.89. The van der Waals surface area contributed by atoms with Crippen LogP contribution >= 0.6 is 11.6 Å². The van der Waals surface area contributed by atoms with Crippen LogP contribution in [0.5, 0.6) is 0 Å². The molecule has 0 saturated carbocycles. The van der Waals surface area contributed by atoms with Crippen molar-refractivity contribution in [3.8, 4) is 0 Å². The van der Waals surface area contributed by atoms with Crippen molar-refractivity contribution in [1.82, 2.24) is 14.7 Å². The molecule has 0 aliphatic carbocycles. The molecule has 1 N–H and O–H groups in total. The van der Waals surface area contributed by atoms with Crippen LogP contribution in [-0.2, 0) is 11.3 Å². The first-order valence-corrected chi connectivity index (χ1v) is 5.50. The van der Waals surface area contributed by atoms with Gasteiger partial charge in [-0.05, 0) is 12.1 Å². The fraction of sp³-hybridized carbons (Fsp3) is 0.364. The van der Waals surface area contributed by atoms with Crippen LogP contribution in [0.1, 0.15) is 5.69 Å².